The summed E-state index contributed by atoms with van der Waals surface area (Å²) in [5.74, 6) is 4.71. The molecular formula is C10H14ClFN2O2S. The number of hydrazine groups is 1. The zero-order chi connectivity index (χ0) is 13.2. The zero-order valence-electron chi connectivity index (χ0n) is 9.44. The fourth-order valence-electron chi connectivity index (χ4n) is 1.48. The van der Waals surface area contributed by atoms with E-state index >= 15 is 0 Å². The maximum absolute atomic E-state index is 13.7. The maximum Gasteiger partial charge on any atom is 0.151 e. The second-order valence-electron chi connectivity index (χ2n) is 3.84. The van der Waals surface area contributed by atoms with E-state index in [4.69, 9.17) is 17.4 Å². The minimum absolute atomic E-state index is 0.176. The molecule has 0 bridgehead atoms. The quantitative estimate of drug-likeness (QED) is 0.646. The fourth-order valence-corrected chi connectivity index (χ4v) is 2.36. The molecule has 7 heteroatoms. The molecule has 3 N–H and O–H groups in total. The molecule has 0 amide bonds. The second-order valence-corrected chi connectivity index (χ2v) is 6.68. The molecular weight excluding hydrogens is 267 g/mol. The van der Waals surface area contributed by atoms with Crippen LogP contribution in [0.2, 0.25) is 5.02 Å². The van der Waals surface area contributed by atoms with Gasteiger partial charge >= 0.3 is 0 Å². The van der Waals surface area contributed by atoms with Gasteiger partial charge in [-0.05, 0) is 19.1 Å². The van der Waals surface area contributed by atoms with E-state index in [9.17, 15) is 12.8 Å². The lowest BCUT2D eigenvalue weighted by atomic mass is 10.0. The van der Waals surface area contributed by atoms with Crippen LogP contribution < -0.4 is 11.3 Å². The largest absolute Gasteiger partial charge is 0.271 e. The lowest BCUT2D eigenvalue weighted by molar-refractivity contribution is 0.489. The molecule has 0 aliphatic rings. The molecule has 2 unspecified atom stereocenters. The van der Waals surface area contributed by atoms with Crippen molar-refractivity contribution in [1.29, 1.82) is 0 Å². The fraction of sp³-hybridized carbons (Fsp3) is 0.400. The van der Waals surface area contributed by atoms with Crippen LogP contribution in [0.1, 0.15) is 18.5 Å². The first kappa shape index (κ1) is 14.4. The normalized spacial score (nSPS) is 15.6. The first-order valence-corrected chi connectivity index (χ1v) is 7.20. The van der Waals surface area contributed by atoms with Gasteiger partial charge in [0.05, 0.1) is 11.3 Å². The Morgan fingerprint density at radius 2 is 2.06 bits per heavy atom. The van der Waals surface area contributed by atoms with Gasteiger partial charge in [-0.1, -0.05) is 17.7 Å². The summed E-state index contributed by atoms with van der Waals surface area (Å²) >= 11 is 5.62. The van der Waals surface area contributed by atoms with Crippen LogP contribution in [0.5, 0.6) is 0 Å². The summed E-state index contributed by atoms with van der Waals surface area (Å²) in [6, 6.07) is 3.21. The summed E-state index contributed by atoms with van der Waals surface area (Å²) in [6.45, 7) is 1.47. The molecule has 0 aromatic heterocycles. The third-order valence-corrected chi connectivity index (χ3v) is 4.48. The van der Waals surface area contributed by atoms with Gasteiger partial charge in [0.1, 0.15) is 5.82 Å². The minimum atomic E-state index is -3.33. The first-order chi connectivity index (χ1) is 7.77. The Balaban J connectivity index is 3.19. The summed E-state index contributed by atoms with van der Waals surface area (Å²) in [7, 11) is -3.33. The molecule has 1 aromatic rings. The van der Waals surface area contributed by atoms with Crippen molar-refractivity contribution in [2.24, 2.45) is 5.84 Å². The van der Waals surface area contributed by atoms with Crippen LogP contribution in [-0.4, -0.2) is 19.9 Å². The van der Waals surface area contributed by atoms with E-state index in [1.165, 1.54) is 19.1 Å². The van der Waals surface area contributed by atoms with Crippen molar-refractivity contribution in [3.63, 3.8) is 0 Å². The van der Waals surface area contributed by atoms with Crippen LogP contribution in [0.25, 0.3) is 0 Å². The molecule has 17 heavy (non-hydrogen) atoms. The molecule has 0 saturated heterocycles. The smallest absolute Gasteiger partial charge is 0.151 e. The van der Waals surface area contributed by atoms with Gasteiger partial charge in [0.15, 0.2) is 9.84 Å². The SMILES string of the molecule is CC(C(NN)c1ccc(Cl)cc1F)S(C)(=O)=O. The van der Waals surface area contributed by atoms with Crippen molar-refractivity contribution < 1.29 is 12.8 Å². The molecule has 0 aliphatic carbocycles. The Kier molecular flexibility index (Phi) is 4.48. The number of nitrogens with one attached hydrogen (secondary N) is 1. The van der Waals surface area contributed by atoms with Crippen LogP contribution in [0, 0.1) is 5.82 Å². The summed E-state index contributed by atoms with van der Waals surface area (Å²) in [5.41, 5.74) is 2.50. The zero-order valence-corrected chi connectivity index (χ0v) is 11.0. The van der Waals surface area contributed by atoms with Crippen LogP contribution in [-0.2, 0) is 9.84 Å². The molecule has 4 nitrogen and oxygen atoms in total. The van der Waals surface area contributed by atoms with Gasteiger partial charge in [-0.25, -0.2) is 12.8 Å². The Hall–Kier alpha value is -0.690. The number of nitrogens with two attached hydrogens (primary N) is 1. The summed E-state index contributed by atoms with van der Waals surface area (Å²) in [5, 5.41) is -0.600. The monoisotopic (exact) mass is 280 g/mol. The van der Waals surface area contributed by atoms with E-state index < -0.39 is 26.9 Å². The maximum atomic E-state index is 13.7. The summed E-state index contributed by atoms with van der Waals surface area (Å²) in [4.78, 5) is 0. The van der Waals surface area contributed by atoms with E-state index in [1.807, 2.05) is 0 Å². The first-order valence-electron chi connectivity index (χ1n) is 4.87. The van der Waals surface area contributed by atoms with E-state index in [-0.39, 0.29) is 10.6 Å². The number of hydrogen-bond acceptors (Lipinski definition) is 4. The van der Waals surface area contributed by atoms with E-state index in [0.29, 0.717) is 0 Å². The highest BCUT2D eigenvalue weighted by molar-refractivity contribution is 7.91. The van der Waals surface area contributed by atoms with Gasteiger partial charge in [-0.15, -0.1) is 0 Å². The van der Waals surface area contributed by atoms with Gasteiger partial charge < -0.3 is 0 Å². The molecule has 1 rings (SSSR count). The Labute approximate surface area is 105 Å². The Bertz CT molecular complexity index is 507. The van der Waals surface area contributed by atoms with Crippen molar-refractivity contribution in [3.8, 4) is 0 Å². The number of rotatable bonds is 4. The molecule has 2 atom stereocenters. The van der Waals surface area contributed by atoms with Crippen molar-refractivity contribution >= 4 is 21.4 Å². The summed E-state index contributed by atoms with van der Waals surface area (Å²) < 4.78 is 36.5. The third kappa shape index (κ3) is 3.38. The molecule has 0 spiro atoms. The van der Waals surface area contributed by atoms with Gasteiger partial charge in [0.25, 0.3) is 0 Å². The second kappa shape index (κ2) is 5.30. The van der Waals surface area contributed by atoms with Crippen LogP contribution >= 0.6 is 11.6 Å². The summed E-state index contributed by atoms with van der Waals surface area (Å²) in [6.07, 6.45) is 1.08. The molecule has 1 aromatic carbocycles. The van der Waals surface area contributed by atoms with Gasteiger partial charge in [0, 0.05) is 16.8 Å². The standard InChI is InChI=1S/C10H14ClFN2O2S/c1-6(17(2,15)16)10(14-13)8-4-3-7(11)5-9(8)12/h3-6,10,14H,13H2,1-2H3. The van der Waals surface area contributed by atoms with Crippen LogP contribution in [0.3, 0.4) is 0 Å². The third-order valence-electron chi connectivity index (χ3n) is 2.62. The highest BCUT2D eigenvalue weighted by atomic mass is 35.5. The Morgan fingerprint density at radius 1 is 1.47 bits per heavy atom. The predicted molar refractivity (Wildman–Crippen MR) is 65.8 cm³/mol. The topological polar surface area (TPSA) is 72.2 Å². The highest BCUT2D eigenvalue weighted by Crippen LogP contribution is 2.25. The lowest BCUT2D eigenvalue weighted by Crippen LogP contribution is -2.39. The van der Waals surface area contributed by atoms with Crippen LogP contribution in [0.4, 0.5) is 4.39 Å². The van der Waals surface area contributed by atoms with E-state index in [2.05, 4.69) is 5.43 Å². The molecule has 0 fully saturated rings. The molecule has 0 radical (unpaired) electrons. The Morgan fingerprint density at radius 3 is 2.47 bits per heavy atom. The highest BCUT2D eigenvalue weighted by Gasteiger charge is 2.28. The number of halogens is 2. The number of sulfone groups is 1. The van der Waals surface area contributed by atoms with Gasteiger partial charge in [0.2, 0.25) is 0 Å². The van der Waals surface area contributed by atoms with Crippen LogP contribution in [0.15, 0.2) is 18.2 Å². The van der Waals surface area contributed by atoms with E-state index in [0.717, 1.165) is 12.3 Å². The molecule has 96 valence electrons. The van der Waals surface area contributed by atoms with Gasteiger partial charge in [-0.2, -0.15) is 0 Å². The van der Waals surface area contributed by atoms with Crippen molar-refractivity contribution in [3.05, 3.63) is 34.6 Å². The predicted octanol–water partition coefficient (Wildman–Crippen LogP) is 1.42. The van der Waals surface area contributed by atoms with Crippen molar-refractivity contribution in [2.75, 3.05) is 6.26 Å². The average Bonchev–Trinajstić information content (AvgIpc) is 2.20. The number of hydrogen-bond donors (Lipinski definition) is 2. The lowest BCUT2D eigenvalue weighted by Gasteiger charge is -2.22. The van der Waals surface area contributed by atoms with Gasteiger partial charge in [-0.3, -0.25) is 11.3 Å². The van der Waals surface area contributed by atoms with E-state index in [1.54, 1.807) is 0 Å². The molecule has 0 heterocycles. The average molecular weight is 281 g/mol. The van der Waals surface area contributed by atoms with Crippen molar-refractivity contribution in [1.82, 2.24) is 5.43 Å². The van der Waals surface area contributed by atoms with Crippen molar-refractivity contribution in [2.45, 2.75) is 18.2 Å². The minimum Gasteiger partial charge on any atom is -0.271 e. The number of benzene rings is 1. The molecule has 0 aliphatic heterocycles. The molecule has 0 saturated carbocycles.